The highest BCUT2D eigenvalue weighted by Crippen LogP contribution is 2.42. The topological polar surface area (TPSA) is 23.0 Å². The first kappa shape index (κ1) is 28.0. The first-order valence-corrected chi connectivity index (χ1v) is 17.4. The largest absolute Gasteiger partial charge is 0.455 e. The van der Waals surface area contributed by atoms with Crippen molar-refractivity contribution in [2.75, 3.05) is 0 Å². The Bertz CT molecular complexity index is 3070. The number of benzene rings is 8. The van der Waals surface area contributed by atoms with E-state index in [9.17, 15) is 0 Å². The van der Waals surface area contributed by atoms with E-state index in [-0.39, 0.29) is 0 Å². The summed E-state index contributed by atoms with van der Waals surface area (Å²) >= 11 is 0. The smallest absolute Gasteiger partial charge is 0.143 e. The molecule has 11 aromatic rings. The maximum atomic E-state index is 6.75. The number of fused-ring (bicyclic) bond motifs is 9. The Kier molecular flexibility index (Phi) is 5.96. The predicted molar refractivity (Wildman–Crippen MR) is 213 cm³/mol. The van der Waals surface area contributed by atoms with E-state index in [4.69, 9.17) is 4.42 Å². The van der Waals surface area contributed by atoms with Gasteiger partial charge in [0.2, 0.25) is 0 Å². The molecule has 11 rings (SSSR count). The quantitative estimate of drug-likeness (QED) is 0.186. The summed E-state index contributed by atoms with van der Waals surface area (Å²) in [6, 6.07) is 65.3. The van der Waals surface area contributed by atoms with E-state index in [1.807, 2.05) is 0 Å². The van der Waals surface area contributed by atoms with Crippen LogP contribution >= 0.6 is 0 Å². The average molecular weight is 651 g/mol. The lowest BCUT2D eigenvalue weighted by molar-refractivity contribution is 0.670. The maximum Gasteiger partial charge on any atom is 0.143 e. The molecule has 0 bridgehead atoms. The second-order valence-corrected chi connectivity index (χ2v) is 13.3. The van der Waals surface area contributed by atoms with Crippen molar-refractivity contribution in [1.82, 2.24) is 9.13 Å². The average Bonchev–Trinajstić information content (AvgIpc) is 3.86. The molecule has 0 amide bonds. The lowest BCUT2D eigenvalue weighted by Crippen LogP contribution is -1.96. The van der Waals surface area contributed by atoms with Crippen LogP contribution in [0.4, 0.5) is 0 Å². The minimum Gasteiger partial charge on any atom is -0.455 e. The molecule has 51 heavy (non-hydrogen) atoms. The molecule has 238 valence electrons. The van der Waals surface area contributed by atoms with Gasteiger partial charge in [0, 0.05) is 38.2 Å². The highest BCUT2D eigenvalue weighted by atomic mass is 16.3. The molecule has 3 heteroatoms. The summed E-state index contributed by atoms with van der Waals surface area (Å²) in [6.45, 7) is 0. The molecule has 0 fully saturated rings. The van der Waals surface area contributed by atoms with Gasteiger partial charge in [0.1, 0.15) is 11.2 Å². The Morgan fingerprint density at radius 3 is 1.63 bits per heavy atom. The number of hydrogen-bond acceptors (Lipinski definition) is 1. The molecule has 0 radical (unpaired) electrons. The summed E-state index contributed by atoms with van der Waals surface area (Å²) in [5, 5.41) is 7.19. The second kappa shape index (κ2) is 10.8. The monoisotopic (exact) mass is 650 g/mol. The summed E-state index contributed by atoms with van der Waals surface area (Å²) in [4.78, 5) is 0. The van der Waals surface area contributed by atoms with Crippen molar-refractivity contribution in [1.29, 1.82) is 0 Å². The summed E-state index contributed by atoms with van der Waals surface area (Å²) < 4.78 is 11.6. The third-order valence-corrected chi connectivity index (χ3v) is 10.5. The van der Waals surface area contributed by atoms with E-state index in [0.29, 0.717) is 0 Å². The van der Waals surface area contributed by atoms with Crippen LogP contribution in [-0.2, 0) is 0 Å². The van der Waals surface area contributed by atoms with Crippen LogP contribution in [0.1, 0.15) is 0 Å². The van der Waals surface area contributed by atoms with Crippen LogP contribution in [0.25, 0.3) is 99.2 Å². The fourth-order valence-electron chi connectivity index (χ4n) is 8.28. The van der Waals surface area contributed by atoms with Crippen LogP contribution < -0.4 is 0 Å². The lowest BCUT2D eigenvalue weighted by Gasteiger charge is -2.11. The number of hydrogen-bond donors (Lipinski definition) is 0. The van der Waals surface area contributed by atoms with Gasteiger partial charge in [-0.1, -0.05) is 133 Å². The first-order chi connectivity index (χ1) is 25.3. The van der Waals surface area contributed by atoms with Crippen LogP contribution in [0.2, 0.25) is 0 Å². The number of nitrogens with zero attached hydrogens (tertiary/aromatic N) is 2. The molecule has 0 atom stereocenters. The Morgan fingerprint density at radius 1 is 0.353 bits per heavy atom. The normalized spacial score (nSPS) is 11.9. The number of rotatable bonds is 4. The molecule has 0 aliphatic rings. The van der Waals surface area contributed by atoms with Gasteiger partial charge in [-0.15, -0.1) is 0 Å². The second-order valence-electron chi connectivity index (χ2n) is 13.3. The van der Waals surface area contributed by atoms with Crippen molar-refractivity contribution >= 4 is 65.6 Å². The predicted octanol–water partition coefficient (Wildman–Crippen LogP) is 13.1. The fraction of sp³-hybridized carbons (Fsp3) is 0. The van der Waals surface area contributed by atoms with Gasteiger partial charge in [-0.3, -0.25) is 0 Å². The molecule has 0 aliphatic carbocycles. The van der Waals surface area contributed by atoms with Crippen molar-refractivity contribution in [3.8, 4) is 33.6 Å². The van der Waals surface area contributed by atoms with Crippen LogP contribution in [0.3, 0.4) is 0 Å². The van der Waals surface area contributed by atoms with E-state index in [0.717, 1.165) is 50.0 Å². The van der Waals surface area contributed by atoms with E-state index in [1.165, 1.54) is 49.2 Å². The number of furan rings is 1. The van der Waals surface area contributed by atoms with Crippen LogP contribution in [0.15, 0.2) is 186 Å². The van der Waals surface area contributed by atoms with E-state index >= 15 is 0 Å². The molecular formula is C48H30N2O. The van der Waals surface area contributed by atoms with E-state index < -0.39 is 0 Å². The summed E-state index contributed by atoms with van der Waals surface area (Å²) in [5.74, 6) is 0. The van der Waals surface area contributed by atoms with Crippen molar-refractivity contribution in [3.63, 3.8) is 0 Å². The lowest BCUT2D eigenvalue weighted by atomic mass is 9.98. The highest BCUT2D eigenvalue weighted by Gasteiger charge is 2.20. The van der Waals surface area contributed by atoms with Gasteiger partial charge in [0.15, 0.2) is 0 Å². The third-order valence-electron chi connectivity index (χ3n) is 10.5. The van der Waals surface area contributed by atoms with E-state index in [1.54, 1.807) is 0 Å². The Labute approximate surface area is 293 Å². The van der Waals surface area contributed by atoms with Gasteiger partial charge in [-0.25, -0.2) is 0 Å². The molecule has 0 unspecified atom stereocenters. The van der Waals surface area contributed by atoms with Gasteiger partial charge in [0.25, 0.3) is 0 Å². The molecular weight excluding hydrogens is 621 g/mol. The molecule has 3 heterocycles. The van der Waals surface area contributed by atoms with Gasteiger partial charge in [-0.05, 0) is 65.2 Å². The molecule has 0 N–H and O–H groups in total. The Morgan fingerprint density at radius 2 is 0.902 bits per heavy atom. The van der Waals surface area contributed by atoms with Gasteiger partial charge in [0.05, 0.1) is 33.1 Å². The van der Waals surface area contributed by atoms with Gasteiger partial charge < -0.3 is 13.6 Å². The minimum atomic E-state index is 0.878. The summed E-state index contributed by atoms with van der Waals surface area (Å²) in [7, 11) is 0. The Hall–Kier alpha value is -6.84. The third kappa shape index (κ3) is 4.12. The summed E-state index contributed by atoms with van der Waals surface area (Å²) in [6.07, 6.45) is 0. The zero-order chi connectivity index (χ0) is 33.5. The van der Waals surface area contributed by atoms with Crippen molar-refractivity contribution in [2.45, 2.75) is 0 Å². The molecule has 0 aliphatic heterocycles. The van der Waals surface area contributed by atoms with Crippen LogP contribution in [0, 0.1) is 0 Å². The molecule has 3 nitrogen and oxygen atoms in total. The molecule has 3 aromatic heterocycles. The molecule has 0 saturated carbocycles. The van der Waals surface area contributed by atoms with Crippen molar-refractivity contribution in [2.24, 2.45) is 0 Å². The van der Waals surface area contributed by atoms with Gasteiger partial charge >= 0.3 is 0 Å². The van der Waals surface area contributed by atoms with E-state index in [2.05, 4.69) is 191 Å². The van der Waals surface area contributed by atoms with Crippen LogP contribution in [-0.4, -0.2) is 9.13 Å². The number of para-hydroxylation sites is 4. The first-order valence-electron chi connectivity index (χ1n) is 17.4. The number of aromatic nitrogens is 2. The maximum absolute atomic E-state index is 6.75. The summed E-state index contributed by atoms with van der Waals surface area (Å²) in [5.41, 5.74) is 13.4. The van der Waals surface area contributed by atoms with Crippen molar-refractivity contribution < 1.29 is 4.42 Å². The minimum absolute atomic E-state index is 0.878. The molecule has 8 aromatic carbocycles. The van der Waals surface area contributed by atoms with Crippen molar-refractivity contribution in [3.05, 3.63) is 182 Å². The van der Waals surface area contributed by atoms with Crippen LogP contribution in [0.5, 0.6) is 0 Å². The zero-order valence-electron chi connectivity index (χ0n) is 27.6. The Balaban J connectivity index is 1.12. The molecule has 0 saturated heterocycles. The molecule has 0 spiro atoms. The zero-order valence-corrected chi connectivity index (χ0v) is 27.6. The van der Waals surface area contributed by atoms with Gasteiger partial charge in [-0.2, -0.15) is 0 Å². The fourth-order valence-corrected chi connectivity index (χ4v) is 8.28. The standard InChI is InChI=1S/C48H30N2O/c1-2-12-31(13-3-1)32-24-26-33(27-25-32)35-17-10-18-39-47-45(22-11-23-46(47)51-48(35)39)50-43-21-9-6-16-38(43)40-30-34(28-29-44(40)50)49-41-19-7-4-14-36(41)37-15-5-8-20-42(37)49/h1-30H. The SMILES string of the molecule is c1ccc(-c2ccc(-c3cccc4c3oc3cccc(-n5c6ccccc6c6cc(-n7c8ccccc8c8ccccc87)ccc65)c34)cc2)cc1. The highest BCUT2D eigenvalue weighted by molar-refractivity contribution is 6.17.